The third kappa shape index (κ3) is 3.57. The molecule has 1 aliphatic rings. The minimum absolute atomic E-state index is 0.279. The van der Waals surface area contributed by atoms with Gasteiger partial charge in [0.2, 0.25) is 0 Å². The third-order valence-corrected chi connectivity index (χ3v) is 5.55. The van der Waals surface area contributed by atoms with Crippen molar-refractivity contribution in [1.82, 2.24) is 15.0 Å². The van der Waals surface area contributed by atoms with Crippen LogP contribution in [0, 0.1) is 0 Å². The second-order valence-corrected chi connectivity index (χ2v) is 7.36. The zero-order chi connectivity index (χ0) is 19.5. The first-order chi connectivity index (χ1) is 13.7. The highest BCUT2D eigenvalue weighted by atomic mass is 16.5. The topological polar surface area (TPSA) is 51.1 Å². The Balaban J connectivity index is 1.67. The quantitative estimate of drug-likeness (QED) is 0.650. The van der Waals surface area contributed by atoms with Gasteiger partial charge in [-0.25, -0.2) is 9.97 Å². The van der Waals surface area contributed by atoms with Crippen LogP contribution in [-0.4, -0.2) is 35.2 Å². The molecule has 0 N–H and O–H groups in total. The van der Waals surface area contributed by atoms with Crippen LogP contribution >= 0.6 is 0 Å². The van der Waals surface area contributed by atoms with Crippen molar-refractivity contribution in [2.75, 3.05) is 19.1 Å². The molecule has 144 valence electrons. The fraction of sp³-hybridized carbons (Fsp3) is 0.348. The van der Waals surface area contributed by atoms with E-state index < -0.39 is 0 Å². The van der Waals surface area contributed by atoms with Gasteiger partial charge >= 0.3 is 0 Å². The number of para-hydroxylation sites is 1. The molecule has 0 spiro atoms. The number of aromatic nitrogens is 3. The van der Waals surface area contributed by atoms with Gasteiger partial charge in [-0.15, -0.1) is 0 Å². The zero-order valence-corrected chi connectivity index (χ0v) is 16.7. The summed E-state index contributed by atoms with van der Waals surface area (Å²) in [6, 6.07) is 12.4. The number of fused-ring (bicyclic) bond motifs is 1. The van der Waals surface area contributed by atoms with E-state index in [0.29, 0.717) is 0 Å². The highest BCUT2D eigenvalue weighted by Crippen LogP contribution is 2.32. The summed E-state index contributed by atoms with van der Waals surface area (Å²) in [5.74, 6) is 2.78. The maximum absolute atomic E-state index is 5.53. The van der Waals surface area contributed by atoms with Crippen molar-refractivity contribution in [3.63, 3.8) is 0 Å². The number of hydrogen-bond acceptors (Lipinski definition) is 5. The smallest absolute Gasteiger partial charge is 0.161 e. The second-order valence-electron chi connectivity index (χ2n) is 7.36. The van der Waals surface area contributed by atoms with E-state index >= 15 is 0 Å². The molecule has 0 saturated heterocycles. The maximum atomic E-state index is 5.53. The Morgan fingerprint density at radius 2 is 1.86 bits per heavy atom. The van der Waals surface area contributed by atoms with Crippen LogP contribution in [-0.2, 0) is 19.3 Å². The number of methoxy groups -OCH3 is 1. The van der Waals surface area contributed by atoms with Crippen LogP contribution in [0.4, 0.5) is 5.82 Å². The van der Waals surface area contributed by atoms with Crippen molar-refractivity contribution >= 4 is 5.82 Å². The van der Waals surface area contributed by atoms with Crippen LogP contribution in [0.2, 0.25) is 0 Å². The molecule has 2 aromatic heterocycles. The Bertz CT molecular complexity index is 958. The Hall–Kier alpha value is -2.95. The number of likely N-dealkylation sites (N-methyl/N-ethyl adjacent to an activating group) is 1. The summed E-state index contributed by atoms with van der Waals surface area (Å²) in [5, 5.41) is 0. The molecule has 0 amide bonds. The van der Waals surface area contributed by atoms with E-state index in [9.17, 15) is 0 Å². The minimum Gasteiger partial charge on any atom is -0.496 e. The van der Waals surface area contributed by atoms with E-state index in [2.05, 4.69) is 36.0 Å². The lowest BCUT2D eigenvalue weighted by atomic mass is 10.0. The molecule has 0 aliphatic heterocycles. The minimum atomic E-state index is 0.279. The van der Waals surface area contributed by atoms with Gasteiger partial charge in [-0.3, -0.25) is 4.98 Å². The van der Waals surface area contributed by atoms with Gasteiger partial charge in [0, 0.05) is 42.3 Å². The van der Waals surface area contributed by atoms with E-state index in [1.54, 1.807) is 19.5 Å². The average molecular weight is 374 g/mol. The van der Waals surface area contributed by atoms with E-state index in [1.165, 1.54) is 16.8 Å². The van der Waals surface area contributed by atoms with E-state index in [0.717, 1.165) is 48.6 Å². The molecule has 3 aromatic rings. The average Bonchev–Trinajstić information content (AvgIpc) is 3.22. The van der Waals surface area contributed by atoms with Gasteiger partial charge in [0.05, 0.1) is 7.11 Å². The van der Waals surface area contributed by atoms with Crippen LogP contribution in [0.1, 0.15) is 30.2 Å². The zero-order valence-electron chi connectivity index (χ0n) is 16.7. The Morgan fingerprint density at radius 3 is 2.64 bits per heavy atom. The second kappa shape index (κ2) is 7.97. The monoisotopic (exact) mass is 374 g/mol. The number of aryl methyl sites for hydroxylation is 1. The molecular weight excluding hydrogens is 348 g/mol. The summed E-state index contributed by atoms with van der Waals surface area (Å²) >= 11 is 0. The number of nitrogens with zero attached hydrogens (tertiary/aromatic N) is 4. The molecule has 1 atom stereocenters. The maximum Gasteiger partial charge on any atom is 0.161 e. The molecular formula is C23H26N4O. The fourth-order valence-corrected chi connectivity index (χ4v) is 3.87. The normalized spacial score (nSPS) is 13.8. The summed E-state index contributed by atoms with van der Waals surface area (Å²) in [5.41, 5.74) is 4.71. The lowest BCUT2D eigenvalue weighted by Crippen LogP contribution is -2.32. The predicted octanol–water partition coefficient (Wildman–Crippen LogP) is 4.10. The molecule has 0 radical (unpaired) electrons. The van der Waals surface area contributed by atoms with Crippen LogP contribution < -0.4 is 9.64 Å². The van der Waals surface area contributed by atoms with Crippen molar-refractivity contribution < 1.29 is 4.74 Å². The van der Waals surface area contributed by atoms with Crippen molar-refractivity contribution in [2.24, 2.45) is 0 Å². The first-order valence-corrected chi connectivity index (χ1v) is 9.82. The van der Waals surface area contributed by atoms with Crippen molar-refractivity contribution in [3.05, 3.63) is 65.6 Å². The molecule has 1 aliphatic carbocycles. The summed E-state index contributed by atoms with van der Waals surface area (Å²) in [6.07, 6.45) is 7.69. The van der Waals surface area contributed by atoms with E-state index in [4.69, 9.17) is 14.7 Å². The summed E-state index contributed by atoms with van der Waals surface area (Å²) in [6.45, 7) is 2.24. The standard InChI is InChI=1S/C23H26N4O/c1-16(15-18-7-4-5-10-21(18)28-3)27(2)23-19-8-6-9-20(19)25-22(26-23)17-11-13-24-14-12-17/h4-5,7,10-14,16H,6,8-9,15H2,1-3H3/t16-/m0/s1. The van der Waals surface area contributed by atoms with Gasteiger partial charge in [-0.2, -0.15) is 0 Å². The Kier molecular flexibility index (Phi) is 5.24. The number of anilines is 1. The van der Waals surface area contributed by atoms with Gasteiger partial charge in [0.1, 0.15) is 11.6 Å². The summed E-state index contributed by atoms with van der Waals surface area (Å²) < 4.78 is 5.53. The van der Waals surface area contributed by atoms with Gasteiger partial charge in [0.15, 0.2) is 5.82 Å². The largest absolute Gasteiger partial charge is 0.496 e. The highest BCUT2D eigenvalue weighted by molar-refractivity contribution is 5.61. The first kappa shape index (κ1) is 18.4. The van der Waals surface area contributed by atoms with Crippen molar-refractivity contribution in [1.29, 1.82) is 0 Å². The molecule has 0 fully saturated rings. The molecule has 0 unspecified atom stereocenters. The lowest BCUT2D eigenvalue weighted by Gasteiger charge is -2.28. The Labute approximate surface area is 166 Å². The SMILES string of the molecule is COc1ccccc1C[C@H](C)N(C)c1nc(-c2ccncc2)nc2c1CCC2. The number of pyridine rings is 1. The van der Waals surface area contributed by atoms with Crippen LogP contribution in [0.5, 0.6) is 5.75 Å². The van der Waals surface area contributed by atoms with Gasteiger partial charge < -0.3 is 9.64 Å². The van der Waals surface area contributed by atoms with Crippen LogP contribution in [0.15, 0.2) is 48.8 Å². The molecule has 4 rings (SSSR count). The van der Waals surface area contributed by atoms with E-state index in [1.807, 2.05) is 24.3 Å². The first-order valence-electron chi connectivity index (χ1n) is 9.82. The van der Waals surface area contributed by atoms with Crippen LogP contribution in [0.3, 0.4) is 0 Å². The molecule has 28 heavy (non-hydrogen) atoms. The number of hydrogen-bond donors (Lipinski definition) is 0. The van der Waals surface area contributed by atoms with Gasteiger partial charge in [-0.05, 0) is 56.4 Å². The summed E-state index contributed by atoms with van der Waals surface area (Å²) in [4.78, 5) is 16.2. The van der Waals surface area contributed by atoms with Crippen LogP contribution in [0.25, 0.3) is 11.4 Å². The van der Waals surface area contributed by atoms with Crippen molar-refractivity contribution in [3.8, 4) is 17.1 Å². The van der Waals surface area contributed by atoms with Crippen molar-refractivity contribution in [2.45, 2.75) is 38.6 Å². The third-order valence-electron chi connectivity index (χ3n) is 5.55. The summed E-state index contributed by atoms with van der Waals surface area (Å²) in [7, 11) is 3.86. The molecule has 2 heterocycles. The lowest BCUT2D eigenvalue weighted by molar-refractivity contribution is 0.408. The molecule has 0 saturated carbocycles. The fourth-order valence-electron chi connectivity index (χ4n) is 3.87. The highest BCUT2D eigenvalue weighted by Gasteiger charge is 2.24. The molecule has 1 aromatic carbocycles. The van der Waals surface area contributed by atoms with Gasteiger partial charge in [-0.1, -0.05) is 18.2 Å². The predicted molar refractivity (Wildman–Crippen MR) is 112 cm³/mol. The number of benzene rings is 1. The number of rotatable bonds is 6. The molecule has 5 nitrogen and oxygen atoms in total. The molecule has 5 heteroatoms. The molecule has 0 bridgehead atoms. The van der Waals surface area contributed by atoms with Gasteiger partial charge in [0.25, 0.3) is 0 Å². The number of ether oxygens (including phenoxy) is 1. The van der Waals surface area contributed by atoms with E-state index in [-0.39, 0.29) is 6.04 Å². The Morgan fingerprint density at radius 1 is 1.07 bits per heavy atom.